The summed E-state index contributed by atoms with van der Waals surface area (Å²) in [7, 11) is -3.41. The monoisotopic (exact) mass is 288 g/mol. The maximum Gasteiger partial charge on any atom is 0.277 e. The first-order valence-corrected chi connectivity index (χ1v) is 7.89. The Balaban J connectivity index is 2.24. The van der Waals surface area contributed by atoms with Crippen LogP contribution >= 0.6 is 0 Å². The number of hydrogen-bond donors (Lipinski definition) is 2. The normalized spacial score (nSPS) is 12.0. The van der Waals surface area contributed by atoms with Crippen molar-refractivity contribution in [3.8, 4) is 0 Å². The van der Waals surface area contributed by atoms with Gasteiger partial charge >= 0.3 is 0 Å². The van der Waals surface area contributed by atoms with Gasteiger partial charge in [0, 0.05) is 12.6 Å². The molecule has 0 saturated heterocycles. The van der Waals surface area contributed by atoms with E-state index in [9.17, 15) is 12.8 Å². The van der Waals surface area contributed by atoms with Gasteiger partial charge in [0.2, 0.25) is 0 Å². The molecule has 0 aromatic heterocycles. The molecule has 0 fully saturated rings. The van der Waals surface area contributed by atoms with Crippen LogP contribution in [0.1, 0.15) is 32.3 Å². The highest BCUT2D eigenvalue weighted by atomic mass is 32.2. The second-order valence-corrected chi connectivity index (χ2v) is 6.25. The zero-order valence-corrected chi connectivity index (χ0v) is 12.1. The Morgan fingerprint density at radius 2 is 1.89 bits per heavy atom. The summed E-state index contributed by atoms with van der Waals surface area (Å²) in [4.78, 5) is 0. The largest absolute Gasteiger partial charge is 0.277 e. The number of benzene rings is 1. The van der Waals surface area contributed by atoms with Gasteiger partial charge < -0.3 is 0 Å². The Labute approximate surface area is 114 Å². The molecule has 6 heteroatoms. The van der Waals surface area contributed by atoms with Crippen molar-refractivity contribution in [1.82, 2.24) is 9.44 Å². The second-order valence-electron chi connectivity index (χ2n) is 4.72. The number of unbranched alkanes of at least 4 members (excludes halogenated alkanes) is 1. The van der Waals surface area contributed by atoms with Crippen molar-refractivity contribution in [2.45, 2.75) is 39.2 Å². The molecular weight excluding hydrogens is 267 g/mol. The Hall–Kier alpha value is -0.980. The van der Waals surface area contributed by atoms with Crippen LogP contribution in [0, 0.1) is 5.82 Å². The van der Waals surface area contributed by atoms with Crippen molar-refractivity contribution in [3.05, 3.63) is 35.6 Å². The van der Waals surface area contributed by atoms with Gasteiger partial charge in [0.05, 0.1) is 0 Å². The summed E-state index contributed by atoms with van der Waals surface area (Å²) in [5, 5.41) is 0. The second kappa shape index (κ2) is 7.57. The van der Waals surface area contributed by atoms with Gasteiger partial charge in [-0.15, -0.1) is 0 Å². The van der Waals surface area contributed by atoms with Crippen LogP contribution in [0.2, 0.25) is 0 Å². The van der Waals surface area contributed by atoms with E-state index in [1.54, 1.807) is 32.0 Å². The van der Waals surface area contributed by atoms with Crippen LogP contribution < -0.4 is 9.44 Å². The van der Waals surface area contributed by atoms with Gasteiger partial charge in [-0.2, -0.15) is 13.1 Å². The number of halogens is 1. The van der Waals surface area contributed by atoms with E-state index in [-0.39, 0.29) is 11.9 Å². The summed E-state index contributed by atoms with van der Waals surface area (Å²) < 4.78 is 41.1. The predicted molar refractivity (Wildman–Crippen MR) is 74.5 cm³/mol. The van der Waals surface area contributed by atoms with E-state index in [1.807, 2.05) is 0 Å². The van der Waals surface area contributed by atoms with Crippen LogP contribution in [0.25, 0.3) is 0 Å². The smallest absolute Gasteiger partial charge is 0.207 e. The van der Waals surface area contributed by atoms with Crippen LogP contribution in [-0.2, 0) is 16.6 Å². The van der Waals surface area contributed by atoms with Crippen molar-refractivity contribution < 1.29 is 12.8 Å². The zero-order chi connectivity index (χ0) is 14.3. The Morgan fingerprint density at radius 1 is 1.21 bits per heavy atom. The van der Waals surface area contributed by atoms with Crippen LogP contribution in [0.3, 0.4) is 0 Å². The topological polar surface area (TPSA) is 58.2 Å². The minimum absolute atomic E-state index is 0.129. The maximum atomic E-state index is 13.3. The third-order valence-electron chi connectivity index (χ3n) is 2.51. The first kappa shape index (κ1) is 16.1. The predicted octanol–water partition coefficient (Wildman–Crippen LogP) is 1.98. The van der Waals surface area contributed by atoms with Gasteiger partial charge in [0.1, 0.15) is 5.82 Å². The lowest BCUT2D eigenvalue weighted by Crippen LogP contribution is -2.40. The fourth-order valence-corrected chi connectivity index (χ4v) is 2.82. The van der Waals surface area contributed by atoms with Crippen molar-refractivity contribution in [1.29, 1.82) is 0 Å². The lowest BCUT2D eigenvalue weighted by molar-refractivity contribution is 0.549. The SMILES string of the molecule is CC(C)NS(=O)(=O)NCCCCc1ccccc1F. The van der Waals surface area contributed by atoms with E-state index >= 15 is 0 Å². The molecule has 1 aromatic rings. The minimum Gasteiger partial charge on any atom is -0.207 e. The van der Waals surface area contributed by atoms with Crippen LogP contribution in [0.4, 0.5) is 4.39 Å². The van der Waals surface area contributed by atoms with Gasteiger partial charge in [0.15, 0.2) is 0 Å². The number of hydrogen-bond acceptors (Lipinski definition) is 2. The Bertz CT molecular complexity index is 489. The highest BCUT2D eigenvalue weighted by Crippen LogP contribution is 2.09. The molecule has 0 heterocycles. The van der Waals surface area contributed by atoms with E-state index in [4.69, 9.17) is 0 Å². The van der Waals surface area contributed by atoms with Crippen molar-refractivity contribution >= 4 is 10.2 Å². The highest BCUT2D eigenvalue weighted by molar-refractivity contribution is 7.87. The highest BCUT2D eigenvalue weighted by Gasteiger charge is 2.09. The van der Waals surface area contributed by atoms with Gasteiger partial charge in [-0.3, -0.25) is 0 Å². The Kier molecular flexibility index (Phi) is 6.41. The molecule has 0 atom stereocenters. The van der Waals surface area contributed by atoms with Crippen molar-refractivity contribution in [2.24, 2.45) is 0 Å². The summed E-state index contributed by atoms with van der Waals surface area (Å²) in [6.07, 6.45) is 2.03. The summed E-state index contributed by atoms with van der Waals surface area (Å²) >= 11 is 0. The summed E-state index contributed by atoms with van der Waals surface area (Å²) in [6.45, 7) is 3.88. The number of nitrogens with one attached hydrogen (secondary N) is 2. The molecule has 0 bridgehead atoms. The molecule has 19 heavy (non-hydrogen) atoms. The maximum absolute atomic E-state index is 13.3. The molecule has 0 radical (unpaired) electrons. The van der Waals surface area contributed by atoms with Crippen LogP contribution in [-0.4, -0.2) is 21.0 Å². The van der Waals surface area contributed by atoms with Crippen molar-refractivity contribution in [2.75, 3.05) is 6.54 Å². The van der Waals surface area contributed by atoms with E-state index in [1.165, 1.54) is 6.07 Å². The average Bonchev–Trinajstić information content (AvgIpc) is 2.29. The molecule has 0 aliphatic heterocycles. The van der Waals surface area contributed by atoms with Gasteiger partial charge in [0.25, 0.3) is 10.2 Å². The lowest BCUT2D eigenvalue weighted by atomic mass is 10.1. The van der Waals surface area contributed by atoms with Crippen LogP contribution in [0.15, 0.2) is 24.3 Å². The minimum atomic E-state index is -3.41. The molecule has 0 saturated carbocycles. The molecule has 4 nitrogen and oxygen atoms in total. The van der Waals surface area contributed by atoms with E-state index in [0.29, 0.717) is 24.9 Å². The third-order valence-corrected chi connectivity index (χ3v) is 3.88. The fourth-order valence-electron chi connectivity index (χ4n) is 1.70. The van der Waals surface area contributed by atoms with Gasteiger partial charge in [-0.05, 0) is 44.7 Å². The fraction of sp³-hybridized carbons (Fsp3) is 0.538. The molecule has 1 aromatic carbocycles. The quantitative estimate of drug-likeness (QED) is 0.719. The first-order chi connectivity index (χ1) is 8.91. The lowest BCUT2D eigenvalue weighted by Gasteiger charge is -2.10. The third kappa shape index (κ3) is 6.66. The molecule has 2 N–H and O–H groups in total. The summed E-state index contributed by atoms with van der Waals surface area (Å²) in [6, 6.07) is 6.51. The first-order valence-electron chi connectivity index (χ1n) is 6.41. The van der Waals surface area contributed by atoms with E-state index in [0.717, 1.165) is 6.42 Å². The average molecular weight is 288 g/mol. The van der Waals surface area contributed by atoms with Crippen molar-refractivity contribution in [3.63, 3.8) is 0 Å². The van der Waals surface area contributed by atoms with E-state index < -0.39 is 10.2 Å². The number of aryl methyl sites for hydroxylation is 1. The molecule has 108 valence electrons. The zero-order valence-electron chi connectivity index (χ0n) is 11.3. The van der Waals surface area contributed by atoms with Crippen LogP contribution in [0.5, 0.6) is 0 Å². The molecule has 1 rings (SSSR count). The molecule has 0 spiro atoms. The molecule has 0 unspecified atom stereocenters. The molecule has 0 aliphatic carbocycles. The van der Waals surface area contributed by atoms with Gasteiger partial charge in [-0.25, -0.2) is 9.11 Å². The molecule has 0 amide bonds. The molecule has 0 aliphatic rings. The number of rotatable bonds is 8. The Morgan fingerprint density at radius 3 is 2.53 bits per heavy atom. The molecular formula is C13H21FN2O2S. The van der Waals surface area contributed by atoms with Gasteiger partial charge in [-0.1, -0.05) is 18.2 Å². The summed E-state index contributed by atoms with van der Waals surface area (Å²) in [5.74, 6) is -0.204. The standard InChI is InChI=1S/C13H21FN2O2S/c1-11(2)16-19(17,18)15-10-6-5-8-12-7-3-4-9-13(12)14/h3-4,7,9,11,15-16H,5-6,8,10H2,1-2H3. The summed E-state index contributed by atoms with van der Waals surface area (Å²) in [5.41, 5.74) is 0.672. The van der Waals surface area contributed by atoms with E-state index in [2.05, 4.69) is 9.44 Å².